The van der Waals surface area contributed by atoms with Gasteiger partial charge >= 0.3 is 6.18 Å². The van der Waals surface area contributed by atoms with E-state index in [9.17, 15) is 23.2 Å². The molecule has 2 bridgehead atoms. The van der Waals surface area contributed by atoms with Gasteiger partial charge in [-0.05, 0) is 37.5 Å². The number of hydrogen-bond acceptors (Lipinski definition) is 4. The SMILES string of the molecule is N#CN1[C@H]2CC[C@@H]1[C@H](NC(=O)c1ccc(-n3cc(C(F)(F)F)cn3)cc1Cl)C2. The number of carbonyl (C=O) groups excluding carboxylic acids is 1. The fraction of sp³-hybridized carbons (Fsp3) is 0.389. The number of amides is 1. The lowest BCUT2D eigenvalue weighted by Gasteiger charge is -2.22. The topological polar surface area (TPSA) is 74.0 Å². The molecule has 1 N–H and O–H groups in total. The van der Waals surface area contributed by atoms with Crippen molar-refractivity contribution in [1.29, 1.82) is 5.26 Å². The lowest BCUT2D eigenvalue weighted by molar-refractivity contribution is -0.137. The van der Waals surface area contributed by atoms with Crippen LogP contribution in [0.1, 0.15) is 35.2 Å². The van der Waals surface area contributed by atoms with Crippen LogP contribution in [-0.4, -0.2) is 38.7 Å². The second-order valence-electron chi connectivity index (χ2n) is 6.96. The lowest BCUT2D eigenvalue weighted by atomic mass is 9.95. The molecule has 28 heavy (non-hydrogen) atoms. The standard InChI is InChI=1S/C18H15ClF3N5O/c19-14-5-12(27-8-10(7-24-27)18(20,21)22)1-3-13(14)17(28)25-15-6-11-2-4-16(15)26(11)9-23/h1,3,5,7-8,11,15-16H,2,4,6H2,(H,25,28)/t11-,15+,16+/m0/s1. The predicted octanol–water partition coefficient (Wildman–Crippen LogP) is 3.36. The van der Waals surface area contributed by atoms with Gasteiger partial charge in [-0.3, -0.25) is 4.79 Å². The number of hydrogen-bond donors (Lipinski definition) is 1. The fourth-order valence-corrected chi connectivity index (χ4v) is 4.25. The van der Waals surface area contributed by atoms with Crippen molar-refractivity contribution in [3.63, 3.8) is 0 Å². The Morgan fingerprint density at radius 2 is 2.14 bits per heavy atom. The van der Waals surface area contributed by atoms with Crippen molar-refractivity contribution in [2.24, 2.45) is 0 Å². The largest absolute Gasteiger partial charge is 0.419 e. The lowest BCUT2D eigenvalue weighted by Crippen LogP contribution is -2.43. The van der Waals surface area contributed by atoms with Crippen LogP contribution in [0.2, 0.25) is 5.02 Å². The highest BCUT2D eigenvalue weighted by Crippen LogP contribution is 2.37. The summed E-state index contributed by atoms with van der Waals surface area (Å²) >= 11 is 6.20. The Balaban J connectivity index is 1.50. The van der Waals surface area contributed by atoms with Crippen molar-refractivity contribution in [2.75, 3.05) is 0 Å². The van der Waals surface area contributed by atoms with E-state index in [4.69, 9.17) is 11.6 Å². The number of nitriles is 1. The van der Waals surface area contributed by atoms with Crippen molar-refractivity contribution >= 4 is 17.5 Å². The normalized spacial score (nSPS) is 23.7. The average Bonchev–Trinajstić information content (AvgIpc) is 3.35. The average molecular weight is 410 g/mol. The van der Waals surface area contributed by atoms with Gasteiger partial charge in [0.15, 0.2) is 6.19 Å². The quantitative estimate of drug-likeness (QED) is 0.789. The molecule has 2 aliphatic heterocycles. The van der Waals surface area contributed by atoms with E-state index in [0.717, 1.165) is 29.9 Å². The molecular weight excluding hydrogens is 395 g/mol. The molecule has 0 spiro atoms. The molecule has 3 heterocycles. The van der Waals surface area contributed by atoms with E-state index in [1.807, 2.05) is 0 Å². The van der Waals surface area contributed by atoms with Crippen molar-refractivity contribution in [1.82, 2.24) is 20.0 Å². The monoisotopic (exact) mass is 409 g/mol. The van der Waals surface area contributed by atoms with Crippen LogP contribution in [0.3, 0.4) is 0 Å². The van der Waals surface area contributed by atoms with Crippen LogP contribution in [0.4, 0.5) is 13.2 Å². The molecule has 1 aromatic heterocycles. The zero-order chi connectivity index (χ0) is 20.1. The molecule has 2 saturated heterocycles. The van der Waals surface area contributed by atoms with Gasteiger partial charge in [0.2, 0.25) is 0 Å². The van der Waals surface area contributed by atoms with Crippen molar-refractivity contribution in [3.05, 3.63) is 46.7 Å². The number of carbonyl (C=O) groups is 1. The molecule has 0 unspecified atom stereocenters. The third-order valence-electron chi connectivity index (χ3n) is 5.34. The highest BCUT2D eigenvalue weighted by atomic mass is 35.5. The number of aromatic nitrogens is 2. The minimum absolute atomic E-state index is 0.00172. The van der Waals surface area contributed by atoms with Gasteiger partial charge < -0.3 is 10.2 Å². The van der Waals surface area contributed by atoms with Gasteiger partial charge in [-0.25, -0.2) is 4.68 Å². The summed E-state index contributed by atoms with van der Waals surface area (Å²) in [7, 11) is 0. The number of halogens is 4. The molecule has 0 saturated carbocycles. The summed E-state index contributed by atoms with van der Waals surface area (Å²) in [4.78, 5) is 14.3. The van der Waals surface area contributed by atoms with Crippen molar-refractivity contribution in [3.8, 4) is 11.9 Å². The van der Waals surface area contributed by atoms with E-state index in [2.05, 4.69) is 16.6 Å². The van der Waals surface area contributed by atoms with Gasteiger partial charge in [0, 0.05) is 12.2 Å². The van der Waals surface area contributed by atoms with Gasteiger partial charge in [0.1, 0.15) is 0 Å². The first-order valence-electron chi connectivity index (χ1n) is 8.68. The molecule has 3 atom stereocenters. The van der Waals surface area contributed by atoms with E-state index >= 15 is 0 Å². The molecule has 1 amide bonds. The minimum Gasteiger partial charge on any atom is -0.347 e. The predicted molar refractivity (Wildman–Crippen MR) is 93.7 cm³/mol. The molecule has 10 heteroatoms. The second-order valence-corrected chi connectivity index (χ2v) is 7.36. The first kappa shape index (κ1) is 18.6. The van der Waals surface area contributed by atoms with Crippen molar-refractivity contribution < 1.29 is 18.0 Å². The summed E-state index contributed by atoms with van der Waals surface area (Å²) in [5.74, 6) is -0.372. The maximum Gasteiger partial charge on any atom is 0.419 e. The second kappa shape index (κ2) is 6.71. The minimum atomic E-state index is -4.49. The number of alkyl halides is 3. The van der Waals surface area contributed by atoms with E-state index in [0.29, 0.717) is 12.1 Å². The van der Waals surface area contributed by atoms with E-state index in [1.54, 1.807) is 4.90 Å². The van der Waals surface area contributed by atoms with Crippen LogP contribution in [0.5, 0.6) is 0 Å². The van der Waals surface area contributed by atoms with Gasteiger partial charge in [-0.15, -0.1) is 0 Å². The Bertz CT molecular complexity index is 967. The molecular formula is C18H15ClF3N5O. The number of fused-ring (bicyclic) bond motifs is 2. The smallest absolute Gasteiger partial charge is 0.347 e. The highest BCUT2D eigenvalue weighted by molar-refractivity contribution is 6.34. The fourth-order valence-electron chi connectivity index (χ4n) is 3.99. The summed E-state index contributed by atoms with van der Waals surface area (Å²) in [6.07, 6.45) is 1.81. The number of nitrogens with one attached hydrogen (secondary N) is 1. The Hall–Kier alpha value is -2.73. The van der Waals surface area contributed by atoms with Gasteiger partial charge in [0.25, 0.3) is 5.91 Å². The summed E-state index contributed by atoms with van der Waals surface area (Å²) < 4.78 is 39.2. The molecule has 6 nitrogen and oxygen atoms in total. The summed E-state index contributed by atoms with van der Waals surface area (Å²) in [6, 6.07) is 4.38. The Kier molecular flexibility index (Phi) is 4.46. The highest BCUT2D eigenvalue weighted by Gasteiger charge is 2.46. The van der Waals surface area contributed by atoms with Gasteiger partial charge in [-0.2, -0.15) is 23.5 Å². The maximum absolute atomic E-state index is 12.7. The van der Waals surface area contributed by atoms with Crippen molar-refractivity contribution in [2.45, 2.75) is 43.6 Å². The first-order valence-corrected chi connectivity index (χ1v) is 9.06. The molecule has 1 aromatic carbocycles. The van der Waals surface area contributed by atoms with E-state index in [-0.39, 0.29) is 34.6 Å². The van der Waals surface area contributed by atoms with Crippen LogP contribution in [-0.2, 0) is 6.18 Å². The van der Waals surface area contributed by atoms with E-state index in [1.165, 1.54) is 18.2 Å². The summed E-state index contributed by atoms with van der Waals surface area (Å²) in [5.41, 5.74) is -0.337. The molecule has 0 radical (unpaired) electrons. The molecule has 2 fully saturated rings. The molecule has 2 aromatic rings. The maximum atomic E-state index is 12.7. The first-order chi connectivity index (χ1) is 13.3. The van der Waals surface area contributed by atoms with Crippen LogP contribution in [0, 0.1) is 11.5 Å². The third kappa shape index (κ3) is 3.18. The number of rotatable bonds is 3. The molecule has 4 rings (SSSR count). The third-order valence-corrected chi connectivity index (χ3v) is 5.65. The number of nitrogens with zero attached hydrogens (tertiary/aromatic N) is 4. The summed E-state index contributed by atoms with van der Waals surface area (Å²) in [5, 5.41) is 15.9. The molecule has 0 aliphatic carbocycles. The Morgan fingerprint density at radius 1 is 1.36 bits per heavy atom. The molecule has 2 aliphatic rings. The van der Waals surface area contributed by atoms with Gasteiger partial charge in [-0.1, -0.05) is 11.6 Å². The number of benzene rings is 1. The van der Waals surface area contributed by atoms with Gasteiger partial charge in [0.05, 0.1) is 40.1 Å². The van der Waals surface area contributed by atoms with Crippen LogP contribution < -0.4 is 5.32 Å². The van der Waals surface area contributed by atoms with Crippen LogP contribution >= 0.6 is 11.6 Å². The zero-order valence-electron chi connectivity index (χ0n) is 14.4. The molecule has 146 valence electrons. The Labute approximate surface area is 163 Å². The van der Waals surface area contributed by atoms with E-state index < -0.39 is 11.7 Å². The summed E-state index contributed by atoms with van der Waals surface area (Å²) in [6.45, 7) is 0. The Morgan fingerprint density at radius 3 is 2.75 bits per heavy atom. The van der Waals surface area contributed by atoms with Crippen LogP contribution in [0.15, 0.2) is 30.6 Å². The zero-order valence-corrected chi connectivity index (χ0v) is 15.2. The van der Waals surface area contributed by atoms with Crippen LogP contribution in [0.25, 0.3) is 5.69 Å².